The summed E-state index contributed by atoms with van der Waals surface area (Å²) >= 11 is 0. The molecule has 0 saturated carbocycles. The Kier molecular flexibility index (Phi) is 5.49. The maximum atomic E-state index is 6.47. The molecule has 6 rings (SSSR count). The molecule has 0 unspecified atom stereocenters. The molecule has 3 aromatic heterocycles. The van der Waals surface area contributed by atoms with Crippen LogP contribution in [0.2, 0.25) is 0 Å². The molecule has 0 aliphatic heterocycles. The van der Waals surface area contributed by atoms with Crippen LogP contribution in [-0.2, 0) is 11.8 Å². The van der Waals surface area contributed by atoms with Gasteiger partial charge in [-0.05, 0) is 70.5 Å². The lowest BCUT2D eigenvalue weighted by Gasteiger charge is -2.22. The highest BCUT2D eigenvalue weighted by Crippen LogP contribution is 2.41. The van der Waals surface area contributed by atoms with Crippen molar-refractivity contribution in [2.45, 2.75) is 53.4 Å². The molecule has 0 N–H and O–H groups in total. The number of rotatable bonds is 4. The predicted octanol–water partition coefficient (Wildman–Crippen LogP) is 9.87. The summed E-state index contributed by atoms with van der Waals surface area (Å²) in [6.07, 6.45) is 2.77. The van der Waals surface area contributed by atoms with Crippen molar-refractivity contribution in [2.75, 3.05) is 0 Å². The van der Waals surface area contributed by atoms with Gasteiger partial charge in [0.2, 0.25) is 0 Å². The molecule has 0 bridgehead atoms. The Labute approximate surface area is 218 Å². The predicted molar refractivity (Wildman–Crippen MR) is 154 cm³/mol. The van der Waals surface area contributed by atoms with Crippen molar-refractivity contribution in [1.82, 2.24) is 4.98 Å². The molecule has 3 heteroatoms. The van der Waals surface area contributed by atoms with E-state index in [9.17, 15) is 0 Å². The van der Waals surface area contributed by atoms with Gasteiger partial charge in [-0.2, -0.15) is 0 Å². The number of hydrogen-bond donors (Lipinski definition) is 0. The summed E-state index contributed by atoms with van der Waals surface area (Å²) in [4.78, 5) is 4.85. The van der Waals surface area contributed by atoms with E-state index in [4.69, 9.17) is 13.8 Å². The lowest BCUT2D eigenvalue weighted by atomic mass is 9.82. The van der Waals surface area contributed by atoms with Crippen molar-refractivity contribution in [3.05, 3.63) is 89.8 Å². The molecule has 3 nitrogen and oxygen atoms in total. The van der Waals surface area contributed by atoms with Gasteiger partial charge in [-0.3, -0.25) is 4.98 Å². The van der Waals surface area contributed by atoms with Crippen LogP contribution in [-0.4, -0.2) is 4.98 Å². The van der Waals surface area contributed by atoms with Gasteiger partial charge < -0.3 is 8.83 Å². The number of benzene rings is 3. The van der Waals surface area contributed by atoms with Gasteiger partial charge in [0.15, 0.2) is 0 Å². The van der Waals surface area contributed by atoms with Crippen molar-refractivity contribution in [1.29, 1.82) is 0 Å². The smallest absolute Gasteiger partial charge is 0.138 e. The number of pyridine rings is 1. The highest BCUT2D eigenvalue weighted by molar-refractivity contribution is 6.01. The van der Waals surface area contributed by atoms with Gasteiger partial charge >= 0.3 is 0 Å². The molecular formula is C34H33NO2. The molecule has 186 valence electrons. The monoisotopic (exact) mass is 487 g/mol. The molecule has 0 amide bonds. The van der Waals surface area contributed by atoms with E-state index in [1.807, 2.05) is 18.3 Å². The number of aryl methyl sites for hydroxylation is 1. The molecule has 6 aromatic rings. The largest absolute Gasteiger partial charge is 0.461 e. The Hall–Kier alpha value is -3.85. The van der Waals surface area contributed by atoms with Crippen LogP contribution in [0.5, 0.6) is 0 Å². The van der Waals surface area contributed by atoms with Gasteiger partial charge in [-0.1, -0.05) is 71.0 Å². The molecule has 3 aromatic carbocycles. The van der Waals surface area contributed by atoms with Gasteiger partial charge in [-0.15, -0.1) is 0 Å². The van der Waals surface area contributed by atoms with Gasteiger partial charge in [0.25, 0.3) is 0 Å². The zero-order chi connectivity index (χ0) is 25.9. The number of furan rings is 2. The Morgan fingerprint density at radius 1 is 0.838 bits per heavy atom. The number of aromatic nitrogens is 1. The van der Waals surface area contributed by atoms with E-state index in [1.54, 1.807) is 0 Å². The summed E-state index contributed by atoms with van der Waals surface area (Å²) in [5, 5.41) is 4.67. The maximum absolute atomic E-state index is 6.47. The van der Waals surface area contributed by atoms with Crippen molar-refractivity contribution in [2.24, 2.45) is 5.92 Å². The average molecular weight is 488 g/mol. The zero-order valence-electron chi connectivity index (χ0n) is 22.5. The van der Waals surface area contributed by atoms with Crippen molar-refractivity contribution >= 4 is 32.7 Å². The van der Waals surface area contributed by atoms with Crippen LogP contribution in [0, 0.1) is 12.8 Å². The van der Waals surface area contributed by atoms with Crippen LogP contribution in [0.25, 0.3) is 55.3 Å². The molecule has 0 aliphatic rings. The standard InChI is InChI=1S/C34H33NO2/c1-20(2)16-30-21(3)32-25(12-9-13-29(32)37-30)31-19-26-28(36-31)14-15-35-33(26)23-17-22-10-7-8-11-24(22)27(18-23)34(4,5)6/h7-15,17-20H,16H2,1-6H3. The zero-order valence-corrected chi connectivity index (χ0v) is 22.5. The van der Waals surface area contributed by atoms with Crippen molar-refractivity contribution < 1.29 is 8.83 Å². The first-order valence-corrected chi connectivity index (χ1v) is 13.1. The summed E-state index contributed by atoms with van der Waals surface area (Å²) in [5.74, 6) is 2.43. The molecule has 0 radical (unpaired) electrons. The third-order valence-corrected chi connectivity index (χ3v) is 7.30. The van der Waals surface area contributed by atoms with Crippen LogP contribution in [0.1, 0.15) is 51.5 Å². The van der Waals surface area contributed by atoms with E-state index in [2.05, 4.69) is 96.1 Å². The Balaban J connectivity index is 1.55. The summed E-state index contributed by atoms with van der Waals surface area (Å²) < 4.78 is 12.7. The van der Waals surface area contributed by atoms with E-state index < -0.39 is 0 Å². The number of hydrogen-bond acceptors (Lipinski definition) is 3. The van der Waals surface area contributed by atoms with Crippen LogP contribution in [0.15, 0.2) is 81.8 Å². The SMILES string of the molecule is Cc1c(CC(C)C)oc2cccc(-c3cc4c(-c5cc(C(C)(C)C)c6ccccc6c5)nccc4o3)c12. The highest BCUT2D eigenvalue weighted by Gasteiger charge is 2.22. The first-order chi connectivity index (χ1) is 17.7. The first-order valence-electron chi connectivity index (χ1n) is 13.1. The van der Waals surface area contributed by atoms with Crippen LogP contribution >= 0.6 is 0 Å². The van der Waals surface area contributed by atoms with Gasteiger partial charge in [0.05, 0.1) is 5.69 Å². The minimum Gasteiger partial charge on any atom is -0.461 e. The Morgan fingerprint density at radius 2 is 1.65 bits per heavy atom. The molecule has 0 spiro atoms. The van der Waals surface area contributed by atoms with E-state index in [-0.39, 0.29) is 5.41 Å². The topological polar surface area (TPSA) is 39.2 Å². The van der Waals surface area contributed by atoms with Gasteiger partial charge in [0, 0.05) is 34.5 Å². The molecule has 3 heterocycles. The molecule has 0 atom stereocenters. The van der Waals surface area contributed by atoms with E-state index in [0.29, 0.717) is 5.92 Å². The second-order valence-electron chi connectivity index (χ2n) is 11.6. The summed E-state index contributed by atoms with van der Waals surface area (Å²) in [6.45, 7) is 13.4. The first kappa shape index (κ1) is 23.5. The van der Waals surface area contributed by atoms with Gasteiger partial charge in [-0.25, -0.2) is 0 Å². The molecule has 37 heavy (non-hydrogen) atoms. The van der Waals surface area contributed by atoms with E-state index in [0.717, 1.165) is 56.7 Å². The Morgan fingerprint density at radius 3 is 2.43 bits per heavy atom. The minimum atomic E-state index is 0.00716. The third-order valence-electron chi connectivity index (χ3n) is 7.30. The van der Waals surface area contributed by atoms with E-state index in [1.165, 1.54) is 21.9 Å². The van der Waals surface area contributed by atoms with Crippen molar-refractivity contribution in [3.8, 4) is 22.6 Å². The average Bonchev–Trinajstić information content (AvgIpc) is 3.43. The highest BCUT2D eigenvalue weighted by atomic mass is 16.3. The lowest BCUT2D eigenvalue weighted by molar-refractivity contribution is 0.496. The third kappa shape index (κ3) is 4.03. The minimum absolute atomic E-state index is 0.00716. The van der Waals surface area contributed by atoms with Crippen molar-refractivity contribution in [3.63, 3.8) is 0 Å². The van der Waals surface area contributed by atoms with Crippen LogP contribution in [0.3, 0.4) is 0 Å². The second-order valence-corrected chi connectivity index (χ2v) is 11.6. The maximum Gasteiger partial charge on any atom is 0.138 e. The summed E-state index contributed by atoms with van der Waals surface area (Å²) in [7, 11) is 0. The fraction of sp³-hybridized carbons (Fsp3) is 0.265. The number of fused-ring (bicyclic) bond motifs is 3. The molecule has 0 fully saturated rings. The van der Waals surface area contributed by atoms with E-state index >= 15 is 0 Å². The fourth-order valence-corrected chi connectivity index (χ4v) is 5.52. The Bertz CT molecular complexity index is 1780. The second kappa shape index (κ2) is 8.62. The van der Waals surface area contributed by atoms with Crippen LogP contribution in [0.4, 0.5) is 0 Å². The normalized spacial score (nSPS) is 12.4. The van der Waals surface area contributed by atoms with Gasteiger partial charge in [0.1, 0.15) is 22.7 Å². The summed E-state index contributed by atoms with van der Waals surface area (Å²) in [6, 6.07) is 23.5. The summed E-state index contributed by atoms with van der Waals surface area (Å²) in [5.41, 5.74) is 7.39. The molecule has 0 saturated heterocycles. The molecular weight excluding hydrogens is 454 g/mol. The lowest BCUT2D eigenvalue weighted by Crippen LogP contribution is -2.12. The fourth-order valence-electron chi connectivity index (χ4n) is 5.52. The quantitative estimate of drug-likeness (QED) is 0.248. The number of nitrogens with zero attached hydrogens (tertiary/aromatic N) is 1. The molecule has 0 aliphatic carbocycles. The van der Waals surface area contributed by atoms with Crippen LogP contribution < -0.4 is 0 Å².